The summed E-state index contributed by atoms with van der Waals surface area (Å²) >= 11 is 0. The van der Waals surface area contributed by atoms with Gasteiger partial charge in [-0.15, -0.1) is 0 Å². The molecule has 0 saturated carbocycles. The van der Waals surface area contributed by atoms with Gasteiger partial charge in [0.15, 0.2) is 11.5 Å². The Kier molecular flexibility index (Phi) is 5.08. The molecule has 0 aliphatic carbocycles. The summed E-state index contributed by atoms with van der Waals surface area (Å²) in [5, 5.41) is 9.42. The number of aromatic nitrogens is 2. The second-order valence-electron chi connectivity index (χ2n) is 6.11. The number of benzene rings is 1. The fourth-order valence-electron chi connectivity index (χ4n) is 2.01. The van der Waals surface area contributed by atoms with E-state index < -0.39 is 17.7 Å². The molecular formula is C16H20N4O4. The number of imidazole rings is 1. The Labute approximate surface area is 139 Å². The predicted octanol–water partition coefficient (Wildman–Crippen LogP) is 2.48. The fraction of sp³-hybridized carbons (Fsp3) is 0.312. The van der Waals surface area contributed by atoms with Crippen LogP contribution in [0, 0.1) is 0 Å². The van der Waals surface area contributed by atoms with Crippen LogP contribution in [-0.4, -0.2) is 32.3 Å². The van der Waals surface area contributed by atoms with E-state index in [2.05, 4.69) is 15.8 Å². The molecule has 1 aromatic carbocycles. The molecule has 0 radical (unpaired) electrons. The van der Waals surface area contributed by atoms with Crippen molar-refractivity contribution in [2.75, 3.05) is 5.43 Å². The number of hydrazine groups is 1. The number of carboxylic acids is 1. The van der Waals surface area contributed by atoms with Crippen molar-refractivity contribution < 1.29 is 19.4 Å². The number of carboxylic acid groups (broad SMARTS) is 1. The van der Waals surface area contributed by atoms with Gasteiger partial charge in [-0.1, -0.05) is 30.3 Å². The Morgan fingerprint density at radius 1 is 1.25 bits per heavy atom. The number of hydrogen-bond donors (Lipinski definition) is 3. The van der Waals surface area contributed by atoms with E-state index >= 15 is 0 Å². The Bertz CT molecular complexity index is 719. The normalized spacial score (nSPS) is 11.0. The lowest BCUT2D eigenvalue weighted by Crippen LogP contribution is -2.36. The molecule has 1 aromatic heterocycles. The first-order chi connectivity index (χ1) is 11.3. The lowest BCUT2D eigenvalue weighted by Gasteiger charge is -2.19. The average Bonchev–Trinajstić information content (AvgIpc) is 2.87. The number of nitrogens with zero attached hydrogens (tertiary/aromatic N) is 2. The molecule has 0 aliphatic rings. The molecule has 8 heteroatoms. The van der Waals surface area contributed by atoms with Crippen LogP contribution in [0.25, 0.3) is 0 Å². The van der Waals surface area contributed by atoms with Crippen LogP contribution < -0.4 is 10.9 Å². The van der Waals surface area contributed by atoms with Crippen LogP contribution in [0.3, 0.4) is 0 Å². The van der Waals surface area contributed by atoms with Crippen LogP contribution >= 0.6 is 0 Å². The number of amides is 1. The van der Waals surface area contributed by atoms with Gasteiger partial charge in [0, 0.05) is 6.54 Å². The van der Waals surface area contributed by atoms with Gasteiger partial charge in [0.25, 0.3) is 0 Å². The topological polar surface area (TPSA) is 105 Å². The van der Waals surface area contributed by atoms with Gasteiger partial charge >= 0.3 is 12.1 Å². The number of ether oxygens (including phenoxy) is 1. The van der Waals surface area contributed by atoms with Gasteiger partial charge in [0.1, 0.15) is 5.60 Å². The Balaban J connectivity index is 2.11. The van der Waals surface area contributed by atoms with E-state index in [-0.39, 0.29) is 11.5 Å². The highest BCUT2D eigenvalue weighted by Crippen LogP contribution is 2.15. The highest BCUT2D eigenvalue weighted by molar-refractivity contribution is 5.91. The molecule has 0 spiro atoms. The molecule has 2 aromatic rings. The lowest BCUT2D eigenvalue weighted by molar-refractivity contribution is 0.0538. The third kappa shape index (κ3) is 4.73. The molecular weight excluding hydrogens is 312 g/mol. The largest absolute Gasteiger partial charge is 0.476 e. The Hall–Kier alpha value is -3.03. The minimum atomic E-state index is -1.16. The van der Waals surface area contributed by atoms with Crippen LogP contribution in [0.15, 0.2) is 36.7 Å². The van der Waals surface area contributed by atoms with E-state index in [0.29, 0.717) is 6.54 Å². The number of nitrogens with one attached hydrogen (secondary N) is 2. The van der Waals surface area contributed by atoms with Gasteiger partial charge in [-0.2, -0.15) is 0 Å². The van der Waals surface area contributed by atoms with Crippen molar-refractivity contribution >= 4 is 17.9 Å². The fourth-order valence-corrected chi connectivity index (χ4v) is 2.01. The van der Waals surface area contributed by atoms with Crippen molar-refractivity contribution in [2.45, 2.75) is 32.9 Å². The molecule has 0 fully saturated rings. The third-order valence-electron chi connectivity index (χ3n) is 2.92. The molecule has 1 heterocycles. The minimum Gasteiger partial charge on any atom is -0.476 e. The van der Waals surface area contributed by atoms with E-state index in [9.17, 15) is 14.7 Å². The first kappa shape index (κ1) is 17.3. The minimum absolute atomic E-state index is 0.0318. The zero-order chi connectivity index (χ0) is 17.7. The molecule has 1 amide bonds. The van der Waals surface area contributed by atoms with Crippen LogP contribution in [0.1, 0.15) is 36.8 Å². The van der Waals surface area contributed by atoms with E-state index in [1.165, 1.54) is 10.9 Å². The molecule has 3 N–H and O–H groups in total. The molecule has 0 atom stereocenters. The van der Waals surface area contributed by atoms with Gasteiger partial charge in [-0.05, 0) is 26.3 Å². The van der Waals surface area contributed by atoms with E-state index in [4.69, 9.17) is 4.74 Å². The summed E-state index contributed by atoms with van der Waals surface area (Å²) in [6, 6.07) is 9.40. The van der Waals surface area contributed by atoms with E-state index in [1.54, 1.807) is 20.8 Å². The van der Waals surface area contributed by atoms with Crippen LogP contribution in [0.2, 0.25) is 0 Å². The smallest absolute Gasteiger partial charge is 0.426 e. The quantitative estimate of drug-likeness (QED) is 0.726. The van der Waals surface area contributed by atoms with Gasteiger partial charge < -0.3 is 14.4 Å². The van der Waals surface area contributed by atoms with Crippen LogP contribution in [0.4, 0.5) is 10.6 Å². The van der Waals surface area contributed by atoms with Crippen molar-refractivity contribution in [3.63, 3.8) is 0 Å². The molecule has 0 unspecified atom stereocenters. The van der Waals surface area contributed by atoms with Crippen molar-refractivity contribution in [3.05, 3.63) is 47.9 Å². The number of aromatic carboxylic acids is 1. The number of rotatable bonds is 5. The summed E-state index contributed by atoms with van der Waals surface area (Å²) in [7, 11) is 0. The second-order valence-corrected chi connectivity index (χ2v) is 6.11. The summed E-state index contributed by atoms with van der Waals surface area (Å²) in [4.78, 5) is 27.2. The van der Waals surface area contributed by atoms with Crippen LogP contribution in [-0.2, 0) is 11.3 Å². The van der Waals surface area contributed by atoms with Gasteiger partial charge in [0.2, 0.25) is 0 Å². The molecule has 0 saturated heterocycles. The first-order valence-electron chi connectivity index (χ1n) is 7.33. The lowest BCUT2D eigenvalue weighted by atomic mass is 10.2. The van der Waals surface area contributed by atoms with Gasteiger partial charge in [0.05, 0.1) is 6.33 Å². The number of hydrogen-bond acceptors (Lipinski definition) is 5. The van der Waals surface area contributed by atoms with Gasteiger partial charge in [-0.25, -0.2) is 20.0 Å². The average molecular weight is 332 g/mol. The molecule has 8 nitrogen and oxygen atoms in total. The summed E-state index contributed by atoms with van der Waals surface area (Å²) in [6.07, 6.45) is 0.673. The maximum atomic E-state index is 11.6. The SMILES string of the molecule is CC(C)(C)OC(=O)NNc1ncn(Cc2ccccc2)c1C(=O)O. The molecule has 24 heavy (non-hydrogen) atoms. The number of carbonyl (C=O) groups is 2. The number of anilines is 1. The number of carbonyl (C=O) groups excluding carboxylic acids is 1. The van der Waals surface area contributed by atoms with Crippen LogP contribution in [0.5, 0.6) is 0 Å². The summed E-state index contributed by atoms with van der Waals surface area (Å²) in [6.45, 7) is 5.53. The third-order valence-corrected chi connectivity index (χ3v) is 2.92. The summed E-state index contributed by atoms with van der Waals surface area (Å²) in [5.41, 5.74) is 4.98. The summed E-state index contributed by atoms with van der Waals surface area (Å²) in [5.74, 6) is -1.12. The Morgan fingerprint density at radius 3 is 2.50 bits per heavy atom. The second kappa shape index (κ2) is 7.03. The highest BCUT2D eigenvalue weighted by Gasteiger charge is 2.20. The van der Waals surface area contributed by atoms with Crippen molar-refractivity contribution in [1.29, 1.82) is 0 Å². The standard InChI is InChI=1S/C16H20N4O4/c1-16(2,3)24-15(23)19-18-13-12(14(21)22)20(10-17-13)9-11-7-5-4-6-8-11/h4-8,10,18H,9H2,1-3H3,(H,19,23)(H,21,22). The van der Waals surface area contributed by atoms with Gasteiger partial charge in [-0.3, -0.25) is 5.43 Å². The monoisotopic (exact) mass is 332 g/mol. The zero-order valence-electron chi connectivity index (χ0n) is 13.7. The zero-order valence-corrected chi connectivity index (χ0v) is 13.7. The predicted molar refractivity (Wildman–Crippen MR) is 87.7 cm³/mol. The van der Waals surface area contributed by atoms with Crippen molar-refractivity contribution in [2.24, 2.45) is 0 Å². The molecule has 2 rings (SSSR count). The van der Waals surface area contributed by atoms with E-state index in [0.717, 1.165) is 5.56 Å². The maximum absolute atomic E-state index is 11.6. The first-order valence-corrected chi connectivity index (χ1v) is 7.33. The molecule has 0 bridgehead atoms. The summed E-state index contributed by atoms with van der Waals surface area (Å²) < 4.78 is 6.55. The van der Waals surface area contributed by atoms with Crippen molar-refractivity contribution in [3.8, 4) is 0 Å². The Morgan fingerprint density at radius 2 is 1.92 bits per heavy atom. The van der Waals surface area contributed by atoms with Crippen molar-refractivity contribution in [1.82, 2.24) is 15.0 Å². The van der Waals surface area contributed by atoms with E-state index in [1.807, 2.05) is 30.3 Å². The molecule has 0 aliphatic heterocycles. The highest BCUT2D eigenvalue weighted by atomic mass is 16.6. The maximum Gasteiger partial charge on any atom is 0.426 e. The molecule has 128 valence electrons.